The lowest BCUT2D eigenvalue weighted by Gasteiger charge is -2.19. The summed E-state index contributed by atoms with van der Waals surface area (Å²) in [5, 5.41) is 3.00. The maximum absolute atomic E-state index is 12.4. The van der Waals surface area contributed by atoms with Gasteiger partial charge in [0.25, 0.3) is 5.91 Å². The molecular weight excluding hydrogens is 358 g/mol. The van der Waals surface area contributed by atoms with Crippen molar-refractivity contribution in [2.45, 2.75) is 39.2 Å². The molecule has 0 radical (unpaired) electrons. The van der Waals surface area contributed by atoms with Gasteiger partial charge in [-0.1, -0.05) is 75.4 Å². The summed E-state index contributed by atoms with van der Waals surface area (Å²) in [6, 6.07) is 26.0. The fraction of sp³-hybridized carbons (Fsp3) is 0.269. The highest BCUT2D eigenvalue weighted by Gasteiger charge is 2.14. The third kappa shape index (κ3) is 6.21. The Balaban J connectivity index is 1.49. The molecule has 0 spiro atoms. The van der Waals surface area contributed by atoms with E-state index in [1.54, 1.807) is 0 Å². The Kier molecular flexibility index (Phi) is 6.71. The van der Waals surface area contributed by atoms with Gasteiger partial charge in [-0.05, 0) is 52.8 Å². The number of carbonyl (C=O) groups is 1. The van der Waals surface area contributed by atoms with Crippen LogP contribution in [0.5, 0.6) is 5.75 Å². The molecule has 29 heavy (non-hydrogen) atoms. The average Bonchev–Trinajstić information content (AvgIpc) is 2.73. The van der Waals surface area contributed by atoms with Crippen molar-refractivity contribution in [1.82, 2.24) is 5.32 Å². The van der Waals surface area contributed by atoms with E-state index < -0.39 is 0 Å². The Labute approximate surface area is 173 Å². The first-order valence-electron chi connectivity index (χ1n) is 10.1. The van der Waals surface area contributed by atoms with Crippen LogP contribution in [0.2, 0.25) is 0 Å². The van der Waals surface area contributed by atoms with Crippen LogP contribution in [0.15, 0.2) is 78.9 Å². The molecule has 0 saturated heterocycles. The zero-order valence-corrected chi connectivity index (χ0v) is 17.4. The molecule has 0 fully saturated rings. The molecule has 3 aromatic carbocycles. The van der Waals surface area contributed by atoms with Crippen molar-refractivity contribution in [3.05, 3.63) is 101 Å². The van der Waals surface area contributed by atoms with Gasteiger partial charge < -0.3 is 10.1 Å². The minimum absolute atomic E-state index is 0.0399. The molecule has 0 aliphatic rings. The second kappa shape index (κ2) is 9.42. The molecule has 1 amide bonds. The molecule has 3 nitrogen and oxygen atoms in total. The number of hydrogen-bond donors (Lipinski definition) is 1. The van der Waals surface area contributed by atoms with Crippen LogP contribution < -0.4 is 10.1 Å². The monoisotopic (exact) mass is 387 g/mol. The molecule has 0 aromatic heterocycles. The summed E-state index contributed by atoms with van der Waals surface area (Å²) >= 11 is 0. The molecule has 0 unspecified atom stereocenters. The van der Waals surface area contributed by atoms with E-state index in [1.807, 2.05) is 72.8 Å². The second-order valence-electron chi connectivity index (χ2n) is 8.25. The van der Waals surface area contributed by atoms with Crippen molar-refractivity contribution in [3.8, 4) is 5.75 Å². The smallest absolute Gasteiger partial charge is 0.251 e. The lowest BCUT2D eigenvalue weighted by atomic mass is 9.87. The highest BCUT2D eigenvalue weighted by Crippen LogP contribution is 2.22. The molecule has 0 heterocycles. The van der Waals surface area contributed by atoms with Gasteiger partial charge in [0.15, 0.2) is 0 Å². The number of hydrogen-bond acceptors (Lipinski definition) is 2. The summed E-state index contributed by atoms with van der Waals surface area (Å²) in [5.41, 5.74) is 4.28. The number of benzene rings is 3. The predicted molar refractivity (Wildman–Crippen MR) is 118 cm³/mol. The summed E-state index contributed by atoms with van der Waals surface area (Å²) in [6.45, 7) is 7.63. The van der Waals surface area contributed by atoms with Crippen LogP contribution in [0.3, 0.4) is 0 Å². The van der Waals surface area contributed by atoms with Crippen molar-refractivity contribution < 1.29 is 9.53 Å². The zero-order valence-electron chi connectivity index (χ0n) is 17.4. The number of ether oxygens (including phenoxy) is 1. The summed E-state index contributed by atoms with van der Waals surface area (Å²) in [6.07, 6.45) is 0.758. The third-order valence-electron chi connectivity index (χ3n) is 4.86. The zero-order chi connectivity index (χ0) is 20.7. The summed E-state index contributed by atoms with van der Waals surface area (Å²) in [7, 11) is 0. The first kappa shape index (κ1) is 20.7. The van der Waals surface area contributed by atoms with E-state index in [9.17, 15) is 4.79 Å². The van der Waals surface area contributed by atoms with E-state index in [-0.39, 0.29) is 11.3 Å². The summed E-state index contributed by atoms with van der Waals surface area (Å²) in [5.74, 6) is 0.803. The van der Waals surface area contributed by atoms with E-state index in [2.05, 4.69) is 32.2 Å². The minimum Gasteiger partial charge on any atom is -0.489 e. The predicted octanol–water partition coefficient (Wildman–Crippen LogP) is 5.54. The number of amides is 1. The van der Waals surface area contributed by atoms with Gasteiger partial charge in [0.05, 0.1) is 0 Å². The largest absolute Gasteiger partial charge is 0.489 e. The maximum atomic E-state index is 12.4. The van der Waals surface area contributed by atoms with E-state index >= 15 is 0 Å². The first-order valence-corrected chi connectivity index (χ1v) is 10.1. The van der Waals surface area contributed by atoms with Gasteiger partial charge in [0, 0.05) is 12.1 Å². The molecular formula is C26H29NO2. The van der Waals surface area contributed by atoms with Gasteiger partial charge in [-0.2, -0.15) is 0 Å². The molecule has 0 bridgehead atoms. The normalized spacial score (nSPS) is 11.1. The molecule has 3 rings (SSSR count). The Morgan fingerprint density at radius 1 is 0.862 bits per heavy atom. The topological polar surface area (TPSA) is 38.3 Å². The fourth-order valence-electron chi connectivity index (χ4n) is 3.08. The van der Waals surface area contributed by atoms with Crippen LogP contribution in [-0.2, 0) is 18.4 Å². The highest BCUT2D eigenvalue weighted by atomic mass is 16.5. The lowest BCUT2D eigenvalue weighted by molar-refractivity contribution is 0.0954. The van der Waals surface area contributed by atoms with E-state index in [4.69, 9.17) is 4.74 Å². The minimum atomic E-state index is -0.0399. The van der Waals surface area contributed by atoms with Crippen LogP contribution in [-0.4, -0.2) is 12.5 Å². The number of carbonyl (C=O) groups excluding carboxylic acids is 1. The third-order valence-corrected chi connectivity index (χ3v) is 4.86. The Morgan fingerprint density at radius 3 is 2.24 bits per heavy atom. The van der Waals surface area contributed by atoms with Crippen LogP contribution in [0.4, 0.5) is 0 Å². The molecule has 1 N–H and O–H groups in total. The van der Waals surface area contributed by atoms with Crippen molar-refractivity contribution in [2.24, 2.45) is 0 Å². The molecule has 3 heteroatoms. The van der Waals surface area contributed by atoms with Crippen molar-refractivity contribution >= 4 is 5.91 Å². The molecule has 0 saturated carbocycles. The summed E-state index contributed by atoms with van der Waals surface area (Å²) in [4.78, 5) is 12.4. The van der Waals surface area contributed by atoms with Crippen molar-refractivity contribution in [2.75, 3.05) is 6.54 Å². The SMILES string of the molecule is CC(C)(C)c1ccc(C(=O)NCCc2cccc(OCc3ccccc3)c2)cc1. The fourth-order valence-corrected chi connectivity index (χ4v) is 3.08. The molecule has 0 aliphatic heterocycles. The van der Waals surface area contributed by atoms with Gasteiger partial charge in [-0.25, -0.2) is 0 Å². The average molecular weight is 388 g/mol. The van der Waals surface area contributed by atoms with Crippen LogP contribution in [0, 0.1) is 0 Å². The quantitative estimate of drug-likeness (QED) is 0.578. The van der Waals surface area contributed by atoms with E-state index in [0.717, 1.165) is 23.3 Å². The Morgan fingerprint density at radius 2 is 1.55 bits per heavy atom. The van der Waals surface area contributed by atoms with Crippen LogP contribution >= 0.6 is 0 Å². The van der Waals surface area contributed by atoms with E-state index in [0.29, 0.717) is 18.7 Å². The Bertz CT molecular complexity index is 925. The highest BCUT2D eigenvalue weighted by molar-refractivity contribution is 5.94. The van der Waals surface area contributed by atoms with Gasteiger partial charge in [0.2, 0.25) is 0 Å². The van der Waals surface area contributed by atoms with Crippen LogP contribution in [0.25, 0.3) is 0 Å². The van der Waals surface area contributed by atoms with Crippen molar-refractivity contribution in [3.63, 3.8) is 0 Å². The molecule has 3 aromatic rings. The van der Waals surface area contributed by atoms with Gasteiger partial charge in [-0.3, -0.25) is 4.79 Å². The van der Waals surface area contributed by atoms with Crippen LogP contribution in [0.1, 0.15) is 47.8 Å². The van der Waals surface area contributed by atoms with Gasteiger partial charge in [-0.15, -0.1) is 0 Å². The maximum Gasteiger partial charge on any atom is 0.251 e. The van der Waals surface area contributed by atoms with E-state index in [1.165, 1.54) is 5.56 Å². The van der Waals surface area contributed by atoms with Gasteiger partial charge in [0.1, 0.15) is 12.4 Å². The van der Waals surface area contributed by atoms with Gasteiger partial charge >= 0.3 is 0 Å². The lowest BCUT2D eigenvalue weighted by Crippen LogP contribution is -2.25. The second-order valence-corrected chi connectivity index (χ2v) is 8.25. The molecule has 150 valence electrons. The number of rotatable bonds is 7. The Hall–Kier alpha value is -3.07. The standard InChI is InChI=1S/C26H29NO2/c1-26(2,3)23-14-12-22(13-15-23)25(28)27-17-16-20-10-7-11-24(18-20)29-19-21-8-5-4-6-9-21/h4-15,18H,16-17,19H2,1-3H3,(H,27,28). The van der Waals surface area contributed by atoms with Crippen molar-refractivity contribution in [1.29, 1.82) is 0 Å². The first-order chi connectivity index (χ1) is 13.9. The molecule has 0 atom stereocenters. The summed E-state index contributed by atoms with van der Waals surface area (Å²) < 4.78 is 5.88. The molecule has 0 aliphatic carbocycles. The number of nitrogens with one attached hydrogen (secondary N) is 1.